The summed E-state index contributed by atoms with van der Waals surface area (Å²) in [5, 5.41) is 0.757. The van der Waals surface area contributed by atoms with Gasteiger partial charge in [0.1, 0.15) is 0 Å². The van der Waals surface area contributed by atoms with Gasteiger partial charge in [-0.25, -0.2) is 0 Å². The monoisotopic (exact) mass is 268 g/mol. The number of halogens is 1. The summed E-state index contributed by atoms with van der Waals surface area (Å²) in [6, 6.07) is 15.6. The molecule has 0 radical (unpaired) electrons. The van der Waals surface area contributed by atoms with Crippen LogP contribution in [0.3, 0.4) is 0 Å². The quantitative estimate of drug-likeness (QED) is 0.645. The molecule has 2 aromatic rings. The van der Waals surface area contributed by atoms with Crippen molar-refractivity contribution in [1.29, 1.82) is 0 Å². The minimum absolute atomic E-state index is 0.757. The molecule has 0 heterocycles. The van der Waals surface area contributed by atoms with Crippen LogP contribution in [0.2, 0.25) is 5.02 Å². The highest BCUT2D eigenvalue weighted by atomic mass is 35.5. The predicted molar refractivity (Wildman–Crippen MR) is 88.2 cm³/mol. The summed E-state index contributed by atoms with van der Waals surface area (Å²) in [4.78, 5) is 0. The van der Waals surface area contributed by atoms with Gasteiger partial charge < -0.3 is 0 Å². The zero-order chi connectivity index (χ0) is 14.1. The van der Waals surface area contributed by atoms with Crippen LogP contribution in [-0.2, 0) is 0 Å². The van der Waals surface area contributed by atoms with Crippen molar-refractivity contribution in [2.75, 3.05) is 0 Å². The first-order valence-electron chi connectivity index (χ1n) is 5.93. The summed E-state index contributed by atoms with van der Waals surface area (Å²) in [7, 11) is 0. The Morgan fingerprint density at radius 1 is 0.632 bits per heavy atom. The molecular formula is C18H17Cl. The summed E-state index contributed by atoms with van der Waals surface area (Å²) in [5.41, 5.74) is 3.26. The Morgan fingerprint density at radius 3 is 1.32 bits per heavy atom. The normalized spacial score (nSPS) is 8.89. The Hall–Kier alpha value is -2.05. The molecule has 0 saturated heterocycles. The van der Waals surface area contributed by atoms with Crippen molar-refractivity contribution in [1.82, 2.24) is 0 Å². The van der Waals surface area contributed by atoms with E-state index in [4.69, 9.17) is 11.6 Å². The molecule has 19 heavy (non-hydrogen) atoms. The topological polar surface area (TPSA) is 0 Å². The molecule has 0 saturated carbocycles. The van der Waals surface area contributed by atoms with Crippen molar-refractivity contribution in [2.45, 2.75) is 0 Å². The van der Waals surface area contributed by atoms with Crippen LogP contribution in [0.25, 0.3) is 18.2 Å². The zero-order valence-electron chi connectivity index (χ0n) is 10.9. The molecule has 0 amide bonds. The summed E-state index contributed by atoms with van der Waals surface area (Å²) < 4.78 is 0. The van der Waals surface area contributed by atoms with Crippen molar-refractivity contribution in [3.63, 3.8) is 0 Å². The van der Waals surface area contributed by atoms with Gasteiger partial charge in [0, 0.05) is 5.02 Å². The van der Waals surface area contributed by atoms with Crippen LogP contribution in [0, 0.1) is 0 Å². The van der Waals surface area contributed by atoms with Gasteiger partial charge in [0.15, 0.2) is 0 Å². The minimum atomic E-state index is 0.757. The van der Waals surface area contributed by atoms with Crippen LogP contribution in [0.5, 0.6) is 0 Å². The minimum Gasteiger partial charge on any atom is -0.0984 e. The first kappa shape index (κ1) is 15.0. The van der Waals surface area contributed by atoms with Crippen LogP contribution < -0.4 is 0 Å². The maximum atomic E-state index is 5.75. The Morgan fingerprint density at radius 2 is 1.00 bits per heavy atom. The third-order valence-corrected chi connectivity index (χ3v) is 2.91. The Balaban J connectivity index is 0.000000191. The fourth-order valence-electron chi connectivity index (χ4n) is 1.52. The van der Waals surface area contributed by atoms with Crippen molar-refractivity contribution in [3.8, 4) is 0 Å². The standard InChI is InChI=1S/C10H10.C8H7Cl/c1-3-9-7-5-6-8-10(9)4-2;1-2-7-5-3-4-6-8(7)9/h3-8H,1-2H2;2-6H,1H2. The molecule has 0 aliphatic rings. The first-order chi connectivity index (χ1) is 9.22. The lowest BCUT2D eigenvalue weighted by molar-refractivity contribution is 1.62. The van der Waals surface area contributed by atoms with E-state index in [-0.39, 0.29) is 0 Å². The average molecular weight is 269 g/mol. The lowest BCUT2D eigenvalue weighted by Crippen LogP contribution is -1.76. The highest BCUT2D eigenvalue weighted by Crippen LogP contribution is 2.14. The average Bonchev–Trinajstić information content (AvgIpc) is 2.48. The van der Waals surface area contributed by atoms with Gasteiger partial charge in [0.2, 0.25) is 0 Å². The lowest BCUT2D eigenvalue weighted by Gasteiger charge is -1.96. The zero-order valence-corrected chi connectivity index (χ0v) is 11.6. The second kappa shape index (κ2) is 8.12. The van der Waals surface area contributed by atoms with Crippen LogP contribution in [0.4, 0.5) is 0 Å². The van der Waals surface area contributed by atoms with E-state index in [1.807, 2.05) is 60.7 Å². The lowest BCUT2D eigenvalue weighted by atomic mass is 10.1. The molecule has 0 aliphatic heterocycles. The van der Waals surface area contributed by atoms with Crippen molar-refractivity contribution in [2.24, 2.45) is 0 Å². The molecule has 0 nitrogen and oxygen atoms in total. The highest BCUT2D eigenvalue weighted by molar-refractivity contribution is 6.32. The number of hydrogen-bond acceptors (Lipinski definition) is 0. The van der Waals surface area contributed by atoms with Crippen molar-refractivity contribution < 1.29 is 0 Å². The Kier molecular flexibility index (Phi) is 6.42. The molecule has 0 bridgehead atoms. The second-order valence-corrected chi connectivity index (χ2v) is 4.17. The van der Waals surface area contributed by atoms with E-state index in [2.05, 4.69) is 19.7 Å². The maximum absolute atomic E-state index is 5.75. The van der Waals surface area contributed by atoms with Gasteiger partial charge >= 0.3 is 0 Å². The van der Waals surface area contributed by atoms with Gasteiger partial charge in [0.25, 0.3) is 0 Å². The number of rotatable bonds is 3. The molecule has 0 aliphatic carbocycles. The van der Waals surface area contributed by atoms with E-state index in [9.17, 15) is 0 Å². The molecule has 1 heteroatoms. The van der Waals surface area contributed by atoms with Gasteiger partial charge in [-0.2, -0.15) is 0 Å². The van der Waals surface area contributed by atoms with E-state index in [0.717, 1.165) is 21.7 Å². The van der Waals surface area contributed by atoms with E-state index in [1.54, 1.807) is 6.08 Å². The molecule has 0 fully saturated rings. The predicted octanol–water partition coefficient (Wildman–Crippen LogP) is 5.96. The van der Waals surface area contributed by atoms with Crippen molar-refractivity contribution in [3.05, 3.63) is 90.0 Å². The molecule has 0 aromatic heterocycles. The molecule has 0 atom stereocenters. The molecule has 0 unspecified atom stereocenters. The first-order valence-corrected chi connectivity index (χ1v) is 6.31. The van der Waals surface area contributed by atoms with Gasteiger partial charge in [-0.1, -0.05) is 92.0 Å². The van der Waals surface area contributed by atoms with Gasteiger partial charge in [-0.15, -0.1) is 0 Å². The maximum Gasteiger partial charge on any atom is 0.0478 e. The van der Waals surface area contributed by atoms with Gasteiger partial charge in [0.05, 0.1) is 0 Å². The van der Waals surface area contributed by atoms with Crippen molar-refractivity contribution >= 4 is 29.8 Å². The molecule has 0 spiro atoms. The third-order valence-electron chi connectivity index (χ3n) is 2.56. The van der Waals surface area contributed by atoms with Crippen LogP contribution in [-0.4, -0.2) is 0 Å². The fourth-order valence-corrected chi connectivity index (χ4v) is 1.74. The second-order valence-electron chi connectivity index (χ2n) is 3.76. The van der Waals surface area contributed by atoms with E-state index < -0.39 is 0 Å². The van der Waals surface area contributed by atoms with Gasteiger partial charge in [-0.3, -0.25) is 0 Å². The molecular weight excluding hydrogens is 252 g/mol. The van der Waals surface area contributed by atoms with E-state index in [1.165, 1.54) is 0 Å². The van der Waals surface area contributed by atoms with Crippen LogP contribution >= 0.6 is 11.6 Å². The van der Waals surface area contributed by atoms with E-state index >= 15 is 0 Å². The third kappa shape index (κ3) is 4.61. The Labute approximate surface area is 120 Å². The fraction of sp³-hybridized carbons (Fsp3) is 0. The van der Waals surface area contributed by atoms with Crippen LogP contribution in [0.15, 0.2) is 68.3 Å². The highest BCUT2D eigenvalue weighted by Gasteiger charge is 1.90. The Bertz CT molecular complexity index is 540. The number of benzene rings is 2. The summed E-state index contributed by atoms with van der Waals surface area (Å²) in [6.07, 6.45) is 5.40. The molecule has 0 N–H and O–H groups in total. The molecule has 2 rings (SSSR count). The SMILES string of the molecule is C=Cc1ccccc1C=C.C=Cc1ccccc1Cl. The largest absolute Gasteiger partial charge is 0.0984 e. The summed E-state index contributed by atoms with van der Waals surface area (Å²) >= 11 is 5.75. The van der Waals surface area contributed by atoms with E-state index in [0.29, 0.717) is 0 Å². The molecule has 2 aromatic carbocycles. The number of hydrogen-bond donors (Lipinski definition) is 0. The van der Waals surface area contributed by atoms with Gasteiger partial charge in [-0.05, 0) is 22.8 Å². The smallest absolute Gasteiger partial charge is 0.0478 e. The summed E-state index contributed by atoms with van der Waals surface area (Å²) in [6.45, 7) is 11.0. The van der Waals surface area contributed by atoms with Crippen LogP contribution in [0.1, 0.15) is 16.7 Å². The molecule has 96 valence electrons. The summed E-state index contributed by atoms with van der Waals surface area (Å²) in [5.74, 6) is 0.